The second-order valence-electron chi connectivity index (χ2n) is 36.5. The number of nitrogens with zero attached hydrogens (tertiary/aromatic N) is 11. The molecule has 10 bridgehead atoms. The number of piperazine rings is 5. The van der Waals surface area contributed by atoms with Gasteiger partial charge >= 0.3 is 0 Å². The molecule has 15 heteroatoms. The Morgan fingerprint density at radius 2 is 0.713 bits per heavy atom. The highest BCUT2D eigenvalue weighted by atomic mass is 16.6. The maximum absolute atomic E-state index is 11.4. The van der Waals surface area contributed by atoms with Crippen LogP contribution in [0.25, 0.3) is 0 Å². The van der Waals surface area contributed by atoms with Gasteiger partial charge in [0.15, 0.2) is 11.6 Å². The summed E-state index contributed by atoms with van der Waals surface area (Å²) in [7, 11) is 0. The van der Waals surface area contributed by atoms with Gasteiger partial charge in [0, 0.05) is 213 Å². The van der Waals surface area contributed by atoms with Gasteiger partial charge in [-0.3, -0.25) is 44.2 Å². The monoisotopic (exact) mass is 1460 g/mol. The molecule has 5 heterocycles. The summed E-state index contributed by atoms with van der Waals surface area (Å²) in [5, 5.41) is 10.7. The number of nitro benzene ring substituents is 1. The van der Waals surface area contributed by atoms with Crippen molar-refractivity contribution < 1.29 is 14.5 Å². The lowest BCUT2D eigenvalue weighted by molar-refractivity contribution is -0.384. The van der Waals surface area contributed by atoms with Gasteiger partial charge in [0.2, 0.25) is 0 Å². The van der Waals surface area contributed by atoms with Crippen molar-refractivity contribution >= 4 is 45.7 Å². The molecule has 0 radical (unpaired) electrons. The number of aryl methyl sites for hydroxylation is 3. The van der Waals surface area contributed by atoms with E-state index in [0.29, 0.717) is 0 Å². The number of allylic oxidation sites excluding steroid dienone is 2. The molecule has 10 aliphatic carbocycles. The van der Waals surface area contributed by atoms with Gasteiger partial charge in [0.1, 0.15) is 0 Å². The maximum Gasteiger partial charge on any atom is 0.269 e. The van der Waals surface area contributed by atoms with E-state index in [1.54, 1.807) is 26.0 Å². The second kappa shape index (κ2) is 34.2. The van der Waals surface area contributed by atoms with Gasteiger partial charge in [-0.25, -0.2) is 0 Å². The van der Waals surface area contributed by atoms with Crippen molar-refractivity contribution in [3.63, 3.8) is 0 Å². The number of carbonyl (C=O) groups is 2. The number of hydrogen-bond donors (Lipinski definition) is 0. The van der Waals surface area contributed by atoms with Crippen LogP contribution in [0.1, 0.15) is 167 Å². The van der Waals surface area contributed by atoms with Crippen molar-refractivity contribution in [1.82, 2.24) is 24.5 Å². The minimum atomic E-state index is -0.336. The highest BCUT2D eigenvalue weighted by molar-refractivity contribution is 5.95. The van der Waals surface area contributed by atoms with Crippen LogP contribution in [0.4, 0.5) is 34.1 Å². The van der Waals surface area contributed by atoms with Crippen molar-refractivity contribution in [3.05, 3.63) is 165 Å². The predicted octanol–water partition coefficient (Wildman–Crippen LogP) is 16.2. The molecule has 0 N–H and O–H groups in total. The van der Waals surface area contributed by atoms with E-state index in [1.165, 1.54) is 227 Å². The fourth-order valence-corrected chi connectivity index (χ4v) is 23.9. The number of hydrogen-bond acceptors (Lipinski definition) is 14. The van der Waals surface area contributed by atoms with Gasteiger partial charge in [-0.2, -0.15) is 0 Å². The van der Waals surface area contributed by atoms with Crippen LogP contribution in [0.3, 0.4) is 0 Å². The van der Waals surface area contributed by atoms with E-state index >= 15 is 0 Å². The fraction of sp³-hybridized carbons (Fsp3) is 0.634. The molecule has 0 aromatic heterocycles. The molecule has 14 fully saturated rings. The molecule has 0 spiro atoms. The van der Waals surface area contributed by atoms with Gasteiger partial charge in [-0.1, -0.05) is 67.7 Å². The first-order chi connectivity index (χ1) is 52.6. The summed E-state index contributed by atoms with van der Waals surface area (Å²) >= 11 is 0. The first-order valence-corrected chi connectivity index (χ1v) is 43.3. The van der Waals surface area contributed by atoms with Crippen molar-refractivity contribution in [2.24, 2.45) is 65.1 Å². The van der Waals surface area contributed by atoms with Crippen LogP contribution in [0.2, 0.25) is 0 Å². The maximum atomic E-state index is 11.4. The molecule has 20 rings (SSSR count). The van der Waals surface area contributed by atoms with E-state index in [2.05, 4.69) is 149 Å². The average Bonchev–Trinajstić information content (AvgIpc) is 1.65. The van der Waals surface area contributed by atoms with Crippen LogP contribution in [-0.2, 0) is 0 Å². The van der Waals surface area contributed by atoms with Crippen molar-refractivity contribution in [3.8, 4) is 0 Å². The van der Waals surface area contributed by atoms with Crippen molar-refractivity contribution in [2.75, 3.05) is 162 Å². The Kier molecular flexibility index (Phi) is 23.8. The number of rotatable bonds is 14. The number of fused-ring (bicyclic) bond motifs is 10. The molecular formula is C93H129N11O4. The smallest absolute Gasteiger partial charge is 0.269 e. The number of ketones is 2. The molecule has 9 saturated carbocycles. The first-order valence-electron chi connectivity index (χ1n) is 43.3. The normalized spacial score (nSPS) is 32.0. The average molecular weight is 1470 g/mol. The molecule has 5 aromatic carbocycles. The van der Waals surface area contributed by atoms with Gasteiger partial charge < -0.3 is 24.5 Å². The predicted molar refractivity (Wildman–Crippen MR) is 443 cm³/mol. The summed E-state index contributed by atoms with van der Waals surface area (Å²) in [5.41, 5.74) is 12.4. The van der Waals surface area contributed by atoms with Gasteiger partial charge in [-0.05, 0) is 280 Å². The zero-order valence-electron chi connectivity index (χ0n) is 66.4. The van der Waals surface area contributed by atoms with E-state index in [0.717, 1.165) is 172 Å². The number of anilines is 5. The number of benzene rings is 5. The molecule has 5 aliphatic heterocycles. The van der Waals surface area contributed by atoms with Crippen LogP contribution in [0, 0.1) is 96.0 Å². The fourth-order valence-electron chi connectivity index (χ4n) is 23.9. The third kappa shape index (κ3) is 17.7. The van der Waals surface area contributed by atoms with Gasteiger partial charge in [0.25, 0.3) is 5.69 Å². The lowest BCUT2D eigenvalue weighted by Gasteiger charge is -2.42. The summed E-state index contributed by atoms with van der Waals surface area (Å²) in [6.45, 7) is 34.5. The SMILES string of the molecule is CC(=O)c1ccc(N2CCN(C3CC4CCC3C4)CC2)cc1.CC(=O)c1ccc(N2CCN(CC3CC4C=CC3C4)CC2)cc1.Cc1ccc(C)c(N2CCN(C3CC4CCC3C4)CC2)c1.Cc1ccc(N2CCN(C3CC4CCC3C4)CC2)cc1.O=[N+]([O-])c1ccc(N2CCN(C3CC4CCC3C4)CC2)cc1. The van der Waals surface area contributed by atoms with Crippen LogP contribution in [0.15, 0.2) is 127 Å². The molecule has 15 unspecified atom stereocenters. The zero-order valence-corrected chi connectivity index (χ0v) is 66.4. The largest absolute Gasteiger partial charge is 0.369 e. The molecular weight excluding hydrogens is 1340 g/mol. The third-order valence-electron chi connectivity index (χ3n) is 30.0. The van der Waals surface area contributed by atoms with Crippen LogP contribution in [0.5, 0.6) is 0 Å². The molecule has 108 heavy (non-hydrogen) atoms. The van der Waals surface area contributed by atoms with Crippen LogP contribution < -0.4 is 24.5 Å². The Morgan fingerprint density at radius 1 is 0.370 bits per heavy atom. The quantitative estimate of drug-likeness (QED) is 0.0455. The topological polar surface area (TPSA) is 110 Å². The summed E-state index contributed by atoms with van der Waals surface area (Å²) in [6, 6.07) is 42.6. The van der Waals surface area contributed by atoms with Crippen molar-refractivity contribution in [1.29, 1.82) is 0 Å². The minimum Gasteiger partial charge on any atom is -0.369 e. The Morgan fingerprint density at radius 3 is 1.03 bits per heavy atom. The van der Waals surface area contributed by atoms with E-state index in [1.807, 2.05) is 36.4 Å². The third-order valence-corrected chi connectivity index (χ3v) is 30.0. The summed E-state index contributed by atoms with van der Waals surface area (Å²) in [4.78, 5) is 59.3. The molecule has 580 valence electrons. The number of non-ortho nitro benzene ring substituents is 1. The van der Waals surface area contributed by atoms with E-state index in [9.17, 15) is 19.7 Å². The van der Waals surface area contributed by atoms with E-state index in [4.69, 9.17) is 0 Å². The molecule has 15 aliphatic rings. The zero-order chi connectivity index (χ0) is 73.9. The first kappa shape index (κ1) is 75.4. The molecule has 0 amide bonds. The lowest BCUT2D eigenvalue weighted by Crippen LogP contribution is -2.51. The standard InChI is InChI=1S/C20H26N2O.C19H26N2O.C19H28N2.C18H26N2.C17H23N3O2/c1-15(23)17-4-6-20(7-5-17)22-10-8-21(9-11-22)14-19-13-16-2-3-18(19)12-16;1-14(22)16-4-6-18(7-5-16)20-8-10-21(11-9-20)19-13-15-2-3-17(19)12-15;1-14-3-4-15(2)18(11-14)20-7-9-21(10-8-20)19-13-16-5-6-17(19)12-16;1-14-2-6-17(7-3-14)19-8-10-20(11-9-19)18-13-15-4-5-16(18)12-15;21-20(22)16-5-3-15(4-6-16)18-7-9-19(10-8-18)17-12-13-1-2-14(17)11-13/h2-7,16,18-19H,8-14H2,1H3;4-7,15,17,19H,2-3,8-13H2,1H3;3-4,11,16-17,19H,5-10,12-13H2,1-2H3;2-3,6-7,15-16,18H,4-5,8-13H2,1H3;3-6,13-14,17H,1-2,7-12H2. The van der Waals surface area contributed by atoms with Crippen LogP contribution >= 0.6 is 0 Å². The Bertz CT molecular complexity index is 3730. The second-order valence-corrected chi connectivity index (χ2v) is 36.5. The summed E-state index contributed by atoms with van der Waals surface area (Å²) in [5.74, 6) is 11.1. The van der Waals surface area contributed by atoms with E-state index in [-0.39, 0.29) is 22.2 Å². The molecule has 5 saturated heterocycles. The molecule has 5 aromatic rings. The lowest BCUT2D eigenvalue weighted by atomic mass is 9.93. The van der Waals surface area contributed by atoms with Crippen LogP contribution in [-0.4, -0.2) is 203 Å². The Balaban J connectivity index is 0.000000103. The van der Waals surface area contributed by atoms with Gasteiger partial charge in [-0.15, -0.1) is 0 Å². The molecule has 15 nitrogen and oxygen atoms in total. The Labute approximate surface area is 647 Å². The summed E-state index contributed by atoms with van der Waals surface area (Å²) in [6.07, 6.45) is 31.5. The number of carbonyl (C=O) groups excluding carboxylic acids is 2. The summed E-state index contributed by atoms with van der Waals surface area (Å²) < 4.78 is 0. The number of nitro groups is 1. The van der Waals surface area contributed by atoms with Gasteiger partial charge in [0.05, 0.1) is 4.92 Å². The molecule has 15 atom stereocenters. The number of Topliss-reactive ketones (excluding diaryl/α,β-unsaturated/α-hetero) is 2. The minimum absolute atomic E-state index is 0.140. The van der Waals surface area contributed by atoms with E-state index < -0.39 is 0 Å². The highest BCUT2D eigenvalue weighted by Gasteiger charge is 2.47. The highest BCUT2D eigenvalue weighted by Crippen LogP contribution is 2.51. The Hall–Kier alpha value is -6.62. The van der Waals surface area contributed by atoms with Crippen molar-refractivity contribution in [2.45, 2.75) is 174 Å².